The van der Waals surface area contributed by atoms with E-state index in [1.807, 2.05) is 50.1 Å². The zero-order chi connectivity index (χ0) is 19.0. The Hall–Kier alpha value is -2.47. The number of likely N-dealkylation sites (tertiary alicyclic amines) is 1. The first-order valence-corrected chi connectivity index (χ1v) is 9.61. The second-order valence-electron chi connectivity index (χ2n) is 7.41. The summed E-state index contributed by atoms with van der Waals surface area (Å²) in [5.41, 5.74) is 3.78. The number of aromatic nitrogens is 1. The molecule has 1 amide bonds. The van der Waals surface area contributed by atoms with Crippen LogP contribution in [0.3, 0.4) is 0 Å². The van der Waals surface area contributed by atoms with Crippen molar-refractivity contribution in [2.75, 3.05) is 39.9 Å². The van der Waals surface area contributed by atoms with Gasteiger partial charge in [0.2, 0.25) is 0 Å². The van der Waals surface area contributed by atoms with Gasteiger partial charge in [-0.1, -0.05) is 0 Å². The van der Waals surface area contributed by atoms with Gasteiger partial charge in [-0.25, -0.2) is 0 Å². The first-order chi connectivity index (χ1) is 13.1. The predicted octanol–water partition coefficient (Wildman–Crippen LogP) is 2.55. The molecule has 3 heterocycles. The number of nitrogens with one attached hydrogen (secondary N) is 1. The number of hydrogen-bond acceptors (Lipinski definition) is 4. The minimum atomic E-state index is 0.130. The summed E-state index contributed by atoms with van der Waals surface area (Å²) in [6, 6.07) is 7.94. The highest BCUT2D eigenvalue weighted by Gasteiger charge is 2.29. The van der Waals surface area contributed by atoms with E-state index >= 15 is 0 Å². The number of amides is 1. The van der Waals surface area contributed by atoms with E-state index in [1.165, 1.54) is 0 Å². The number of carbonyl (C=O) groups is 1. The van der Waals surface area contributed by atoms with Gasteiger partial charge >= 0.3 is 0 Å². The number of hydrogen-bond donors (Lipinski definition) is 1. The van der Waals surface area contributed by atoms with Crippen molar-refractivity contribution in [3.8, 4) is 17.2 Å². The van der Waals surface area contributed by atoms with Crippen LogP contribution in [-0.2, 0) is 0 Å². The number of carbonyl (C=O) groups excluding carboxylic acids is 1. The third-order valence-electron chi connectivity index (χ3n) is 5.51. The van der Waals surface area contributed by atoms with Gasteiger partial charge in [0.15, 0.2) is 11.5 Å². The van der Waals surface area contributed by atoms with E-state index in [0.29, 0.717) is 19.1 Å². The average Bonchev–Trinajstić information content (AvgIpc) is 3.25. The summed E-state index contributed by atoms with van der Waals surface area (Å²) in [6.07, 6.45) is 1.06. The van der Waals surface area contributed by atoms with Gasteiger partial charge < -0.3 is 24.3 Å². The highest BCUT2D eigenvalue weighted by atomic mass is 16.6. The molecule has 1 aromatic carbocycles. The van der Waals surface area contributed by atoms with Crippen LogP contribution in [0.25, 0.3) is 5.69 Å². The lowest BCUT2D eigenvalue weighted by Crippen LogP contribution is -2.30. The lowest BCUT2D eigenvalue weighted by atomic mass is 10.1. The molecule has 1 atom stereocenters. The van der Waals surface area contributed by atoms with Crippen LogP contribution < -0.4 is 14.8 Å². The summed E-state index contributed by atoms with van der Waals surface area (Å²) >= 11 is 0. The van der Waals surface area contributed by atoms with Crippen LogP contribution in [0, 0.1) is 19.8 Å². The molecular weight excluding hydrogens is 342 g/mol. The highest BCUT2D eigenvalue weighted by molar-refractivity contribution is 5.96. The Labute approximate surface area is 160 Å². The number of nitrogens with zero attached hydrogens (tertiary/aromatic N) is 2. The topological polar surface area (TPSA) is 55.7 Å². The molecular formula is C21H27N3O3. The average molecular weight is 369 g/mol. The molecule has 2 aliphatic rings. The van der Waals surface area contributed by atoms with Gasteiger partial charge in [0.25, 0.3) is 5.91 Å². The molecule has 0 unspecified atom stereocenters. The molecule has 1 aromatic heterocycles. The first-order valence-electron chi connectivity index (χ1n) is 9.61. The molecule has 1 N–H and O–H groups in total. The van der Waals surface area contributed by atoms with E-state index in [4.69, 9.17) is 9.47 Å². The number of benzene rings is 1. The van der Waals surface area contributed by atoms with Crippen LogP contribution in [0.4, 0.5) is 0 Å². The van der Waals surface area contributed by atoms with Crippen LogP contribution >= 0.6 is 0 Å². The fourth-order valence-electron chi connectivity index (χ4n) is 4.19. The minimum Gasteiger partial charge on any atom is -0.486 e. The van der Waals surface area contributed by atoms with Crippen molar-refractivity contribution in [3.63, 3.8) is 0 Å². The quantitative estimate of drug-likeness (QED) is 0.900. The molecule has 2 aromatic rings. The van der Waals surface area contributed by atoms with Crippen molar-refractivity contribution >= 4 is 5.91 Å². The van der Waals surface area contributed by atoms with Crippen molar-refractivity contribution in [2.24, 2.45) is 5.92 Å². The largest absolute Gasteiger partial charge is 0.486 e. The second kappa shape index (κ2) is 7.27. The Balaban J connectivity index is 1.62. The molecule has 0 saturated carbocycles. The number of rotatable bonds is 4. The standard InChI is InChI=1S/C21H27N3O3/c1-14-10-18(21(25)23-7-6-16(13-23)12-22-3)15(2)24(14)17-4-5-19-20(11-17)27-9-8-26-19/h4-5,10-11,16,22H,6-9,12-13H2,1-3H3/t16-/m0/s1. The third kappa shape index (κ3) is 3.30. The second-order valence-corrected chi connectivity index (χ2v) is 7.41. The lowest BCUT2D eigenvalue weighted by Gasteiger charge is -2.20. The zero-order valence-corrected chi connectivity index (χ0v) is 16.2. The SMILES string of the molecule is CNC[C@@H]1CCN(C(=O)c2cc(C)n(-c3ccc4c(c3)OCCO4)c2C)C1. The predicted molar refractivity (Wildman–Crippen MR) is 104 cm³/mol. The van der Waals surface area contributed by atoms with Crippen LogP contribution in [0.5, 0.6) is 11.5 Å². The van der Waals surface area contributed by atoms with Gasteiger partial charge in [-0.2, -0.15) is 0 Å². The highest BCUT2D eigenvalue weighted by Crippen LogP contribution is 2.33. The van der Waals surface area contributed by atoms with Gasteiger partial charge in [0, 0.05) is 36.2 Å². The number of aryl methyl sites for hydroxylation is 1. The van der Waals surface area contributed by atoms with E-state index in [-0.39, 0.29) is 5.91 Å². The molecule has 27 heavy (non-hydrogen) atoms. The summed E-state index contributed by atoms with van der Waals surface area (Å²) in [5.74, 6) is 2.20. The lowest BCUT2D eigenvalue weighted by molar-refractivity contribution is 0.0786. The van der Waals surface area contributed by atoms with Crippen molar-refractivity contribution in [1.82, 2.24) is 14.8 Å². The van der Waals surface area contributed by atoms with Gasteiger partial charge in [0.05, 0.1) is 5.56 Å². The van der Waals surface area contributed by atoms with Crippen LogP contribution in [0.2, 0.25) is 0 Å². The Morgan fingerprint density at radius 2 is 1.96 bits per heavy atom. The van der Waals surface area contributed by atoms with E-state index in [1.54, 1.807) is 0 Å². The maximum atomic E-state index is 13.1. The summed E-state index contributed by atoms with van der Waals surface area (Å²) < 4.78 is 13.4. The molecule has 1 fully saturated rings. The Kier molecular flexibility index (Phi) is 4.83. The third-order valence-corrected chi connectivity index (χ3v) is 5.51. The normalized spacial score (nSPS) is 18.8. The minimum absolute atomic E-state index is 0.130. The van der Waals surface area contributed by atoms with Gasteiger partial charge in [-0.15, -0.1) is 0 Å². The van der Waals surface area contributed by atoms with E-state index in [0.717, 1.165) is 60.2 Å². The summed E-state index contributed by atoms with van der Waals surface area (Å²) in [4.78, 5) is 15.1. The maximum absolute atomic E-state index is 13.1. The van der Waals surface area contributed by atoms with Crippen molar-refractivity contribution in [3.05, 3.63) is 41.2 Å². The molecule has 0 aliphatic carbocycles. The molecule has 144 valence electrons. The van der Waals surface area contributed by atoms with Gasteiger partial charge in [-0.3, -0.25) is 4.79 Å². The molecule has 0 radical (unpaired) electrons. The van der Waals surface area contributed by atoms with Crippen LogP contribution in [0.15, 0.2) is 24.3 Å². The number of ether oxygens (including phenoxy) is 2. The molecule has 6 nitrogen and oxygen atoms in total. The summed E-state index contributed by atoms with van der Waals surface area (Å²) in [7, 11) is 1.96. The fourth-order valence-corrected chi connectivity index (χ4v) is 4.19. The van der Waals surface area contributed by atoms with Crippen LogP contribution in [-0.4, -0.2) is 55.3 Å². The van der Waals surface area contributed by atoms with Gasteiger partial charge in [-0.05, 0) is 58.0 Å². The van der Waals surface area contributed by atoms with Crippen LogP contribution in [0.1, 0.15) is 28.2 Å². The summed E-state index contributed by atoms with van der Waals surface area (Å²) in [5, 5.41) is 3.22. The molecule has 4 rings (SSSR count). The Morgan fingerprint density at radius 3 is 2.74 bits per heavy atom. The molecule has 1 saturated heterocycles. The Morgan fingerprint density at radius 1 is 1.19 bits per heavy atom. The Bertz CT molecular complexity index is 859. The zero-order valence-electron chi connectivity index (χ0n) is 16.2. The molecule has 6 heteroatoms. The number of fused-ring (bicyclic) bond motifs is 1. The van der Waals surface area contributed by atoms with Crippen molar-refractivity contribution < 1.29 is 14.3 Å². The van der Waals surface area contributed by atoms with E-state index in [2.05, 4.69) is 9.88 Å². The molecule has 2 aliphatic heterocycles. The maximum Gasteiger partial charge on any atom is 0.255 e. The van der Waals surface area contributed by atoms with E-state index in [9.17, 15) is 4.79 Å². The van der Waals surface area contributed by atoms with Crippen molar-refractivity contribution in [1.29, 1.82) is 0 Å². The molecule has 0 bridgehead atoms. The summed E-state index contributed by atoms with van der Waals surface area (Å²) in [6.45, 7) is 7.81. The smallest absolute Gasteiger partial charge is 0.255 e. The van der Waals surface area contributed by atoms with E-state index < -0.39 is 0 Å². The molecule has 0 spiro atoms. The first kappa shape index (κ1) is 17.9. The van der Waals surface area contributed by atoms with Crippen molar-refractivity contribution in [2.45, 2.75) is 20.3 Å². The monoisotopic (exact) mass is 369 g/mol. The fraction of sp³-hybridized carbons (Fsp3) is 0.476. The van der Waals surface area contributed by atoms with Gasteiger partial charge in [0.1, 0.15) is 13.2 Å².